The Morgan fingerprint density at radius 1 is 1.37 bits per heavy atom. The molecular formula is C10H13Br2N3O3S. The highest BCUT2D eigenvalue weighted by atomic mass is 79.9. The second-order valence-electron chi connectivity index (χ2n) is 3.92. The van der Waals surface area contributed by atoms with Gasteiger partial charge in [0.15, 0.2) is 0 Å². The summed E-state index contributed by atoms with van der Waals surface area (Å²) in [5.41, 5.74) is 5.79. The van der Waals surface area contributed by atoms with E-state index in [1.807, 2.05) is 0 Å². The number of benzene rings is 1. The van der Waals surface area contributed by atoms with Crippen molar-refractivity contribution in [3.63, 3.8) is 0 Å². The van der Waals surface area contributed by atoms with Crippen molar-refractivity contribution in [1.29, 1.82) is 0 Å². The molecule has 0 spiro atoms. The van der Waals surface area contributed by atoms with Gasteiger partial charge in [0.1, 0.15) is 4.90 Å². The molecule has 0 aliphatic carbocycles. The lowest BCUT2D eigenvalue weighted by molar-refractivity contribution is -0.127. The number of sulfonamides is 1. The molecule has 0 aromatic heterocycles. The number of hydrogen-bond donors (Lipinski definition) is 2. The molecule has 0 heterocycles. The zero-order valence-corrected chi connectivity index (χ0v) is 14.3. The number of halogens is 2. The summed E-state index contributed by atoms with van der Waals surface area (Å²) in [6, 6.07) is 3.05. The molecule has 0 saturated carbocycles. The highest BCUT2D eigenvalue weighted by Gasteiger charge is 2.22. The smallest absolute Gasteiger partial charge is 0.244 e. The van der Waals surface area contributed by atoms with Crippen LogP contribution in [0.4, 0.5) is 5.69 Å². The molecule has 0 atom stereocenters. The number of carbonyl (C=O) groups is 1. The largest absolute Gasteiger partial charge is 0.398 e. The molecule has 0 saturated heterocycles. The molecule has 0 aliphatic rings. The molecule has 0 aliphatic heterocycles. The third-order valence-corrected chi connectivity index (χ3v) is 5.08. The number of anilines is 1. The molecule has 1 aromatic carbocycles. The van der Waals surface area contributed by atoms with Crippen LogP contribution < -0.4 is 10.5 Å². The first-order valence-electron chi connectivity index (χ1n) is 5.09. The Kier molecular flexibility index (Phi) is 5.36. The van der Waals surface area contributed by atoms with Gasteiger partial charge in [-0.2, -0.15) is 0 Å². The molecule has 1 rings (SSSR count). The third kappa shape index (κ3) is 4.16. The van der Waals surface area contributed by atoms with Crippen LogP contribution in [0.1, 0.15) is 0 Å². The lowest BCUT2D eigenvalue weighted by Gasteiger charge is -2.13. The number of nitrogens with one attached hydrogen (secondary N) is 1. The van der Waals surface area contributed by atoms with Crippen LogP contribution in [-0.2, 0) is 14.8 Å². The van der Waals surface area contributed by atoms with Crippen molar-refractivity contribution in [1.82, 2.24) is 9.62 Å². The normalized spacial score (nSPS) is 11.4. The van der Waals surface area contributed by atoms with E-state index in [4.69, 9.17) is 5.73 Å². The number of nitrogens with zero attached hydrogens (tertiary/aromatic N) is 1. The Hall–Kier alpha value is -0.640. The molecule has 1 aromatic rings. The Bertz CT molecular complexity index is 579. The van der Waals surface area contributed by atoms with Gasteiger partial charge in [0, 0.05) is 23.0 Å². The first kappa shape index (κ1) is 16.4. The number of nitrogen functional groups attached to an aromatic ring is 1. The van der Waals surface area contributed by atoms with Gasteiger partial charge in [-0.3, -0.25) is 4.79 Å². The summed E-state index contributed by atoms with van der Waals surface area (Å²) in [5.74, 6) is -0.351. The average molecular weight is 415 g/mol. The number of likely N-dealkylation sites (N-methyl/N-ethyl adjacent to an activating group) is 1. The minimum atomic E-state index is -3.86. The molecule has 1 amide bonds. The van der Waals surface area contributed by atoms with Crippen LogP contribution in [-0.4, -0.2) is 39.9 Å². The van der Waals surface area contributed by atoms with E-state index >= 15 is 0 Å². The summed E-state index contributed by atoms with van der Waals surface area (Å²) in [6.45, 7) is -0.322. The van der Waals surface area contributed by atoms with Gasteiger partial charge >= 0.3 is 0 Å². The highest BCUT2D eigenvalue weighted by molar-refractivity contribution is 9.11. The van der Waals surface area contributed by atoms with Crippen LogP contribution in [0.15, 0.2) is 26.0 Å². The molecule has 6 nitrogen and oxygen atoms in total. The maximum absolute atomic E-state index is 12.1. The second kappa shape index (κ2) is 6.21. The highest BCUT2D eigenvalue weighted by Crippen LogP contribution is 2.31. The standard InChI is InChI=1S/C10H13Br2N3O3S/c1-15(2)9(16)5-14-19(17,18)10-7(12)3-6(11)4-8(10)13/h3-4,14H,5,13H2,1-2H3. The van der Waals surface area contributed by atoms with Crippen molar-refractivity contribution < 1.29 is 13.2 Å². The van der Waals surface area contributed by atoms with Gasteiger partial charge in [-0.15, -0.1) is 0 Å². The topological polar surface area (TPSA) is 92.5 Å². The van der Waals surface area contributed by atoms with Gasteiger partial charge in [-0.25, -0.2) is 13.1 Å². The van der Waals surface area contributed by atoms with Gasteiger partial charge in [-0.1, -0.05) is 15.9 Å². The summed E-state index contributed by atoms with van der Waals surface area (Å²) in [4.78, 5) is 12.6. The number of carbonyl (C=O) groups excluding carboxylic acids is 1. The van der Waals surface area contributed by atoms with Gasteiger partial charge < -0.3 is 10.6 Å². The van der Waals surface area contributed by atoms with Crippen LogP contribution in [0.25, 0.3) is 0 Å². The van der Waals surface area contributed by atoms with E-state index in [2.05, 4.69) is 36.6 Å². The maximum Gasteiger partial charge on any atom is 0.244 e. The van der Waals surface area contributed by atoms with Crippen LogP contribution in [0, 0.1) is 0 Å². The van der Waals surface area contributed by atoms with Crippen molar-refractivity contribution in [2.45, 2.75) is 4.90 Å². The molecule has 0 unspecified atom stereocenters. The monoisotopic (exact) mass is 413 g/mol. The second-order valence-corrected chi connectivity index (χ2v) is 7.39. The average Bonchev–Trinajstić information content (AvgIpc) is 2.23. The summed E-state index contributed by atoms with van der Waals surface area (Å²) in [7, 11) is -0.773. The Balaban J connectivity index is 3.05. The first-order chi connectivity index (χ1) is 8.65. The summed E-state index contributed by atoms with van der Waals surface area (Å²) in [5, 5.41) is 0. The Morgan fingerprint density at radius 3 is 2.42 bits per heavy atom. The van der Waals surface area contributed by atoms with Gasteiger partial charge in [0.05, 0.1) is 12.2 Å². The fourth-order valence-corrected chi connectivity index (χ4v) is 4.29. The van der Waals surface area contributed by atoms with E-state index < -0.39 is 10.0 Å². The van der Waals surface area contributed by atoms with Crippen LogP contribution in [0.3, 0.4) is 0 Å². The van der Waals surface area contributed by atoms with Crippen molar-refractivity contribution in [3.8, 4) is 0 Å². The quantitative estimate of drug-likeness (QED) is 0.723. The van der Waals surface area contributed by atoms with Gasteiger partial charge in [0.2, 0.25) is 15.9 Å². The van der Waals surface area contributed by atoms with Crippen molar-refractivity contribution in [3.05, 3.63) is 21.1 Å². The Morgan fingerprint density at radius 2 is 1.95 bits per heavy atom. The minimum absolute atomic E-state index is 0.0812. The van der Waals surface area contributed by atoms with E-state index in [0.29, 0.717) is 8.95 Å². The van der Waals surface area contributed by atoms with E-state index in [1.165, 1.54) is 11.0 Å². The van der Waals surface area contributed by atoms with Crippen LogP contribution in [0.5, 0.6) is 0 Å². The van der Waals surface area contributed by atoms with E-state index in [9.17, 15) is 13.2 Å². The zero-order valence-electron chi connectivity index (χ0n) is 10.3. The molecule has 0 radical (unpaired) electrons. The summed E-state index contributed by atoms with van der Waals surface area (Å²) in [6.07, 6.45) is 0. The predicted molar refractivity (Wildman–Crippen MR) is 80.1 cm³/mol. The number of rotatable bonds is 4. The van der Waals surface area contributed by atoms with Crippen molar-refractivity contribution >= 4 is 53.5 Å². The SMILES string of the molecule is CN(C)C(=O)CNS(=O)(=O)c1c(N)cc(Br)cc1Br. The molecule has 106 valence electrons. The fraction of sp³-hybridized carbons (Fsp3) is 0.300. The molecule has 0 fully saturated rings. The summed E-state index contributed by atoms with van der Waals surface area (Å²) < 4.78 is 27.4. The van der Waals surface area contributed by atoms with Gasteiger partial charge in [-0.05, 0) is 28.1 Å². The van der Waals surface area contributed by atoms with Crippen molar-refractivity contribution in [2.75, 3.05) is 26.4 Å². The lowest BCUT2D eigenvalue weighted by Crippen LogP contribution is -2.36. The minimum Gasteiger partial charge on any atom is -0.398 e. The molecule has 0 bridgehead atoms. The van der Waals surface area contributed by atoms with E-state index in [-0.39, 0.29) is 23.0 Å². The van der Waals surface area contributed by atoms with Crippen molar-refractivity contribution in [2.24, 2.45) is 0 Å². The number of hydrogen-bond acceptors (Lipinski definition) is 4. The predicted octanol–water partition coefficient (Wildman–Crippen LogP) is 1.16. The number of amides is 1. The fourth-order valence-electron chi connectivity index (χ4n) is 1.25. The molecule has 3 N–H and O–H groups in total. The van der Waals surface area contributed by atoms with Crippen LogP contribution in [0.2, 0.25) is 0 Å². The lowest BCUT2D eigenvalue weighted by atomic mass is 10.3. The summed E-state index contributed by atoms with van der Waals surface area (Å²) >= 11 is 6.35. The zero-order chi connectivity index (χ0) is 14.8. The molecule has 9 heteroatoms. The molecule has 19 heavy (non-hydrogen) atoms. The number of nitrogens with two attached hydrogens (primary N) is 1. The third-order valence-electron chi connectivity index (χ3n) is 2.22. The maximum atomic E-state index is 12.1. The van der Waals surface area contributed by atoms with Gasteiger partial charge in [0.25, 0.3) is 0 Å². The van der Waals surface area contributed by atoms with E-state index in [1.54, 1.807) is 20.2 Å². The van der Waals surface area contributed by atoms with E-state index in [0.717, 1.165) is 0 Å². The van der Waals surface area contributed by atoms with Crippen LogP contribution >= 0.6 is 31.9 Å². The first-order valence-corrected chi connectivity index (χ1v) is 8.16. The molecular weight excluding hydrogens is 402 g/mol. The Labute approximate surface area is 128 Å².